The van der Waals surface area contributed by atoms with Crippen molar-refractivity contribution in [2.75, 3.05) is 32.4 Å². The number of aliphatic imine (C=N–C) groups is 1. The molecule has 1 unspecified atom stereocenters. The highest BCUT2D eigenvalue weighted by Gasteiger charge is 2.24. The maximum absolute atomic E-state index is 4.49. The molecule has 0 radical (unpaired) electrons. The summed E-state index contributed by atoms with van der Waals surface area (Å²) in [6.45, 7) is 7.63. The average molecular weight is 372 g/mol. The molecule has 0 saturated carbocycles. The summed E-state index contributed by atoms with van der Waals surface area (Å²) in [6, 6.07) is 10.2. The van der Waals surface area contributed by atoms with Crippen LogP contribution in [0.1, 0.15) is 19.4 Å². The predicted molar refractivity (Wildman–Crippen MR) is 111 cm³/mol. The monoisotopic (exact) mass is 371 g/mol. The molecule has 1 atom stereocenters. The van der Waals surface area contributed by atoms with Gasteiger partial charge in [0.2, 0.25) is 0 Å². The van der Waals surface area contributed by atoms with Gasteiger partial charge in [0.1, 0.15) is 0 Å². The van der Waals surface area contributed by atoms with Crippen molar-refractivity contribution in [2.45, 2.75) is 25.5 Å². The molecule has 140 valence electrons. The molecule has 0 spiro atoms. The highest BCUT2D eigenvalue weighted by molar-refractivity contribution is 8.00. The molecule has 0 bridgehead atoms. The largest absolute Gasteiger partial charge is 0.356 e. The molecule has 1 N–H and O–H groups in total. The lowest BCUT2D eigenvalue weighted by Crippen LogP contribution is -2.49. The molecule has 2 heterocycles. The van der Waals surface area contributed by atoms with Crippen molar-refractivity contribution in [3.63, 3.8) is 0 Å². The third-order valence-corrected chi connectivity index (χ3v) is 6.24. The van der Waals surface area contributed by atoms with Crippen LogP contribution in [0.15, 0.2) is 47.7 Å². The number of guanidine groups is 1. The Morgan fingerprint density at radius 3 is 2.88 bits per heavy atom. The molecular weight excluding hydrogens is 342 g/mol. The van der Waals surface area contributed by atoms with Gasteiger partial charge >= 0.3 is 0 Å². The van der Waals surface area contributed by atoms with Crippen LogP contribution >= 0.6 is 11.8 Å². The Hall–Kier alpha value is -1.95. The Bertz CT molecular complexity index is 710. The fourth-order valence-electron chi connectivity index (χ4n) is 3.13. The van der Waals surface area contributed by atoms with E-state index in [4.69, 9.17) is 0 Å². The first-order valence-corrected chi connectivity index (χ1v) is 10.4. The first-order valence-electron chi connectivity index (χ1n) is 9.33. The molecule has 1 fully saturated rings. The number of aromatic nitrogens is 2. The summed E-state index contributed by atoms with van der Waals surface area (Å²) in [6.07, 6.45) is 4.98. The van der Waals surface area contributed by atoms with Crippen molar-refractivity contribution >= 4 is 17.7 Å². The number of benzene rings is 1. The van der Waals surface area contributed by atoms with E-state index in [1.54, 1.807) is 0 Å². The zero-order valence-corrected chi connectivity index (χ0v) is 16.7. The Morgan fingerprint density at radius 1 is 1.35 bits per heavy atom. The van der Waals surface area contributed by atoms with E-state index in [1.165, 1.54) is 11.3 Å². The maximum Gasteiger partial charge on any atom is 0.193 e. The van der Waals surface area contributed by atoms with E-state index < -0.39 is 0 Å². The van der Waals surface area contributed by atoms with Gasteiger partial charge in [-0.15, -0.1) is 0 Å². The van der Waals surface area contributed by atoms with Gasteiger partial charge in [0, 0.05) is 43.9 Å². The fraction of sp³-hybridized carbons (Fsp3) is 0.500. The Kier molecular flexibility index (Phi) is 6.61. The van der Waals surface area contributed by atoms with Crippen LogP contribution in [0.2, 0.25) is 0 Å². The second-order valence-corrected chi connectivity index (χ2v) is 8.30. The van der Waals surface area contributed by atoms with E-state index in [1.807, 2.05) is 36.1 Å². The number of hydrogen-bond acceptors (Lipinski definition) is 3. The molecule has 1 saturated heterocycles. The molecule has 5 nitrogen and oxygen atoms in total. The van der Waals surface area contributed by atoms with Crippen LogP contribution in [-0.4, -0.2) is 58.3 Å². The van der Waals surface area contributed by atoms with Gasteiger partial charge in [-0.3, -0.25) is 4.99 Å². The smallest absolute Gasteiger partial charge is 0.193 e. The van der Waals surface area contributed by atoms with Crippen LogP contribution in [0.4, 0.5) is 0 Å². The van der Waals surface area contributed by atoms with Crippen molar-refractivity contribution in [2.24, 2.45) is 10.9 Å². The van der Waals surface area contributed by atoms with Crippen molar-refractivity contribution < 1.29 is 0 Å². The summed E-state index contributed by atoms with van der Waals surface area (Å²) in [5.74, 6) is 2.89. The van der Waals surface area contributed by atoms with Crippen LogP contribution in [0, 0.1) is 5.92 Å². The average Bonchev–Trinajstić information content (AvgIpc) is 3.15. The van der Waals surface area contributed by atoms with Gasteiger partial charge in [-0.1, -0.05) is 32.0 Å². The van der Waals surface area contributed by atoms with Gasteiger partial charge in [-0.05, 0) is 30.0 Å². The number of para-hydroxylation sites is 1. The lowest BCUT2D eigenvalue weighted by molar-refractivity contribution is 0.381. The van der Waals surface area contributed by atoms with E-state index in [0.29, 0.717) is 11.2 Å². The molecular formula is C20H29N5S. The SMILES string of the molecule is CN=C(NCCc1cnn(-c2ccccc2)c1)N1CCSC(C(C)C)C1. The minimum Gasteiger partial charge on any atom is -0.356 e. The van der Waals surface area contributed by atoms with Crippen LogP contribution in [0.3, 0.4) is 0 Å². The van der Waals surface area contributed by atoms with Gasteiger partial charge in [0.05, 0.1) is 11.9 Å². The summed E-state index contributed by atoms with van der Waals surface area (Å²) in [7, 11) is 1.88. The highest BCUT2D eigenvalue weighted by Crippen LogP contribution is 2.24. The van der Waals surface area contributed by atoms with E-state index >= 15 is 0 Å². The Labute approximate surface area is 160 Å². The number of rotatable bonds is 5. The molecule has 1 aliphatic rings. The minimum atomic E-state index is 0.686. The number of hydrogen-bond donors (Lipinski definition) is 1. The Morgan fingerprint density at radius 2 is 2.15 bits per heavy atom. The fourth-order valence-corrected chi connectivity index (χ4v) is 4.43. The third-order valence-electron chi connectivity index (χ3n) is 4.70. The molecule has 1 aromatic heterocycles. The van der Waals surface area contributed by atoms with Gasteiger partial charge in [-0.2, -0.15) is 16.9 Å². The summed E-state index contributed by atoms with van der Waals surface area (Å²) < 4.78 is 1.93. The molecule has 1 aliphatic heterocycles. The van der Waals surface area contributed by atoms with Crippen LogP contribution in [-0.2, 0) is 6.42 Å². The van der Waals surface area contributed by atoms with Crippen molar-refractivity contribution in [3.8, 4) is 5.69 Å². The van der Waals surface area contributed by atoms with Crippen LogP contribution in [0.25, 0.3) is 5.69 Å². The molecule has 26 heavy (non-hydrogen) atoms. The first kappa shape index (κ1) is 18.8. The lowest BCUT2D eigenvalue weighted by Gasteiger charge is -2.36. The zero-order chi connectivity index (χ0) is 18.4. The predicted octanol–water partition coefficient (Wildman–Crippen LogP) is 3.06. The molecule has 2 aromatic rings. The molecule has 1 aromatic carbocycles. The number of thioether (sulfide) groups is 1. The quantitative estimate of drug-likeness (QED) is 0.648. The first-order chi connectivity index (χ1) is 12.7. The highest BCUT2D eigenvalue weighted by atomic mass is 32.2. The number of nitrogens with one attached hydrogen (secondary N) is 1. The van der Waals surface area contributed by atoms with Crippen LogP contribution < -0.4 is 5.32 Å². The van der Waals surface area contributed by atoms with Crippen molar-refractivity contribution in [3.05, 3.63) is 48.3 Å². The summed E-state index contributed by atoms with van der Waals surface area (Å²) in [5.41, 5.74) is 2.32. The van der Waals surface area contributed by atoms with E-state index in [0.717, 1.165) is 37.7 Å². The topological polar surface area (TPSA) is 45.5 Å². The van der Waals surface area contributed by atoms with E-state index in [9.17, 15) is 0 Å². The van der Waals surface area contributed by atoms with Gasteiger partial charge < -0.3 is 10.2 Å². The molecule has 0 aliphatic carbocycles. The summed E-state index contributed by atoms with van der Waals surface area (Å²) in [4.78, 5) is 6.89. The van der Waals surface area contributed by atoms with Gasteiger partial charge in [0.15, 0.2) is 5.96 Å². The molecule has 6 heteroatoms. The Balaban J connectivity index is 1.51. The normalized spacial score (nSPS) is 18.4. The van der Waals surface area contributed by atoms with E-state index in [-0.39, 0.29) is 0 Å². The van der Waals surface area contributed by atoms with Gasteiger partial charge in [-0.25, -0.2) is 4.68 Å². The zero-order valence-electron chi connectivity index (χ0n) is 15.9. The van der Waals surface area contributed by atoms with Gasteiger partial charge in [0.25, 0.3) is 0 Å². The van der Waals surface area contributed by atoms with Crippen LogP contribution in [0.5, 0.6) is 0 Å². The standard InChI is InChI=1S/C20H29N5S/c1-16(2)19-15-24(11-12-26-19)20(21-3)22-10-9-17-13-23-25(14-17)18-7-5-4-6-8-18/h4-8,13-14,16,19H,9-12,15H2,1-3H3,(H,21,22). The molecule has 3 rings (SSSR count). The second-order valence-electron chi connectivity index (χ2n) is 6.95. The van der Waals surface area contributed by atoms with Crippen molar-refractivity contribution in [1.82, 2.24) is 20.0 Å². The maximum atomic E-state index is 4.49. The third kappa shape index (κ3) is 4.81. The minimum absolute atomic E-state index is 0.686. The van der Waals surface area contributed by atoms with Crippen molar-refractivity contribution in [1.29, 1.82) is 0 Å². The summed E-state index contributed by atoms with van der Waals surface area (Å²) >= 11 is 2.09. The molecule has 0 amide bonds. The summed E-state index contributed by atoms with van der Waals surface area (Å²) in [5, 5.41) is 8.68. The number of nitrogens with zero attached hydrogens (tertiary/aromatic N) is 4. The second kappa shape index (κ2) is 9.12. The lowest BCUT2D eigenvalue weighted by atomic mass is 10.1. The van der Waals surface area contributed by atoms with E-state index in [2.05, 4.69) is 64.2 Å².